The molecule has 1 saturated heterocycles. The van der Waals surface area contributed by atoms with Crippen molar-refractivity contribution in [3.05, 3.63) is 54.1 Å². The Labute approximate surface area is 173 Å². The van der Waals surface area contributed by atoms with Crippen molar-refractivity contribution in [2.75, 3.05) is 25.0 Å². The van der Waals surface area contributed by atoms with Gasteiger partial charge in [-0.2, -0.15) is 0 Å². The van der Waals surface area contributed by atoms with Crippen molar-refractivity contribution in [1.29, 1.82) is 0 Å². The molecular formula is C22H21N3O5. The van der Waals surface area contributed by atoms with Crippen LogP contribution < -0.4 is 5.32 Å². The minimum absolute atomic E-state index is 0.0511. The zero-order valence-electron chi connectivity index (χ0n) is 16.2. The van der Waals surface area contributed by atoms with Crippen LogP contribution >= 0.6 is 0 Å². The molecule has 3 amide bonds. The van der Waals surface area contributed by atoms with Crippen LogP contribution in [0.5, 0.6) is 0 Å². The van der Waals surface area contributed by atoms with Gasteiger partial charge < -0.3 is 20.2 Å². The quantitative estimate of drug-likeness (QED) is 0.804. The van der Waals surface area contributed by atoms with Crippen LogP contribution in [-0.2, 0) is 14.4 Å². The summed E-state index contributed by atoms with van der Waals surface area (Å²) < 4.78 is 0. The van der Waals surface area contributed by atoms with E-state index in [1.807, 2.05) is 36.4 Å². The minimum Gasteiger partial charge on any atom is -0.481 e. The van der Waals surface area contributed by atoms with E-state index in [9.17, 15) is 19.2 Å². The number of carboxylic acids is 1. The number of anilines is 1. The summed E-state index contributed by atoms with van der Waals surface area (Å²) in [7, 11) is 0. The second kappa shape index (κ2) is 7.98. The van der Waals surface area contributed by atoms with Crippen LogP contribution in [0.15, 0.2) is 48.5 Å². The molecule has 2 heterocycles. The lowest BCUT2D eigenvalue weighted by Gasteiger charge is -2.39. The van der Waals surface area contributed by atoms with E-state index in [4.69, 9.17) is 5.11 Å². The number of nitrogens with zero attached hydrogens (tertiary/aromatic N) is 2. The summed E-state index contributed by atoms with van der Waals surface area (Å²) in [6.45, 7) is 0.530. The highest BCUT2D eigenvalue weighted by atomic mass is 16.4. The monoisotopic (exact) mass is 407 g/mol. The molecule has 0 aliphatic carbocycles. The van der Waals surface area contributed by atoms with E-state index in [2.05, 4.69) is 5.32 Å². The third-order valence-corrected chi connectivity index (χ3v) is 5.46. The van der Waals surface area contributed by atoms with Crippen molar-refractivity contribution < 1.29 is 24.3 Å². The van der Waals surface area contributed by atoms with Crippen molar-refractivity contribution in [1.82, 2.24) is 9.80 Å². The molecule has 8 nitrogen and oxygen atoms in total. The number of hydrogen-bond acceptors (Lipinski definition) is 4. The van der Waals surface area contributed by atoms with E-state index in [-0.39, 0.29) is 50.2 Å². The molecule has 0 bridgehead atoms. The zero-order valence-corrected chi connectivity index (χ0v) is 16.2. The van der Waals surface area contributed by atoms with E-state index in [0.717, 1.165) is 11.1 Å². The number of carbonyl (C=O) groups excluding carboxylic acids is 3. The van der Waals surface area contributed by atoms with Crippen molar-refractivity contribution in [2.24, 2.45) is 0 Å². The SMILES string of the molecule is O=C(O)CCC(=O)N1CCN2C(=O)c3cc(-c4ccccc4)ccc3NC(=O)[C@@H]2C1. The minimum atomic E-state index is -1.05. The molecule has 0 saturated carbocycles. The first-order valence-corrected chi connectivity index (χ1v) is 9.75. The standard InChI is InChI=1S/C22H21N3O5/c26-19(8-9-20(27)28)24-10-11-25-18(13-24)21(29)23-17-7-6-15(12-16(17)22(25)30)14-4-2-1-3-5-14/h1-7,12,18H,8-11,13H2,(H,23,29)(H,27,28)/t18-/m0/s1. The lowest BCUT2D eigenvalue weighted by atomic mass is 10.0. The van der Waals surface area contributed by atoms with E-state index in [1.54, 1.807) is 12.1 Å². The summed E-state index contributed by atoms with van der Waals surface area (Å²) in [6.07, 6.45) is -0.388. The third kappa shape index (κ3) is 3.76. The summed E-state index contributed by atoms with van der Waals surface area (Å²) in [5, 5.41) is 11.6. The summed E-state index contributed by atoms with van der Waals surface area (Å²) in [4.78, 5) is 52.0. The van der Waals surface area contributed by atoms with Gasteiger partial charge in [-0.05, 0) is 23.3 Å². The van der Waals surface area contributed by atoms with Crippen molar-refractivity contribution in [3.8, 4) is 11.1 Å². The van der Waals surface area contributed by atoms with Gasteiger partial charge in [0.25, 0.3) is 5.91 Å². The number of benzene rings is 2. The number of nitrogens with one attached hydrogen (secondary N) is 1. The Kier molecular flexibility index (Phi) is 5.22. The van der Waals surface area contributed by atoms with Gasteiger partial charge in [0.15, 0.2) is 0 Å². The Bertz CT molecular complexity index is 1020. The molecule has 4 rings (SSSR count). The Hall–Kier alpha value is -3.68. The molecule has 0 aromatic heterocycles. The summed E-state index contributed by atoms with van der Waals surface area (Å²) >= 11 is 0. The van der Waals surface area contributed by atoms with Crippen LogP contribution in [0, 0.1) is 0 Å². The van der Waals surface area contributed by atoms with Crippen LogP contribution in [0.2, 0.25) is 0 Å². The number of carbonyl (C=O) groups is 4. The summed E-state index contributed by atoms with van der Waals surface area (Å²) in [5.41, 5.74) is 2.70. The number of fused-ring (bicyclic) bond motifs is 2. The third-order valence-electron chi connectivity index (χ3n) is 5.46. The van der Waals surface area contributed by atoms with E-state index < -0.39 is 12.0 Å². The van der Waals surface area contributed by atoms with Gasteiger partial charge in [-0.1, -0.05) is 36.4 Å². The Morgan fingerprint density at radius 1 is 1.00 bits per heavy atom. The van der Waals surface area contributed by atoms with Crippen LogP contribution in [0.3, 0.4) is 0 Å². The molecule has 2 N–H and O–H groups in total. The van der Waals surface area contributed by atoms with Gasteiger partial charge >= 0.3 is 5.97 Å². The first kappa shape index (κ1) is 19.6. The second-order valence-electron chi connectivity index (χ2n) is 7.36. The topological polar surface area (TPSA) is 107 Å². The Balaban J connectivity index is 1.58. The highest BCUT2D eigenvalue weighted by molar-refractivity contribution is 6.10. The normalized spacial score (nSPS) is 18.2. The fraction of sp³-hybridized carbons (Fsp3) is 0.273. The van der Waals surface area contributed by atoms with Gasteiger partial charge in [-0.15, -0.1) is 0 Å². The molecule has 2 aliphatic heterocycles. The number of aliphatic carboxylic acids is 1. The molecule has 2 aliphatic rings. The van der Waals surface area contributed by atoms with Crippen molar-refractivity contribution in [3.63, 3.8) is 0 Å². The van der Waals surface area contributed by atoms with Crippen molar-refractivity contribution in [2.45, 2.75) is 18.9 Å². The molecule has 2 aromatic rings. The summed E-state index contributed by atoms with van der Waals surface area (Å²) in [5.74, 6) is -1.99. The first-order valence-electron chi connectivity index (χ1n) is 9.75. The van der Waals surface area contributed by atoms with Gasteiger partial charge in [-0.25, -0.2) is 0 Å². The van der Waals surface area contributed by atoms with E-state index in [0.29, 0.717) is 11.3 Å². The lowest BCUT2D eigenvalue weighted by Crippen LogP contribution is -2.59. The van der Waals surface area contributed by atoms with Crippen LogP contribution in [0.1, 0.15) is 23.2 Å². The Morgan fingerprint density at radius 2 is 1.77 bits per heavy atom. The number of hydrogen-bond donors (Lipinski definition) is 2. The lowest BCUT2D eigenvalue weighted by molar-refractivity contribution is -0.142. The van der Waals surface area contributed by atoms with Crippen LogP contribution in [0.4, 0.5) is 5.69 Å². The van der Waals surface area contributed by atoms with Gasteiger partial charge in [0.05, 0.1) is 24.2 Å². The van der Waals surface area contributed by atoms with Gasteiger partial charge in [0.1, 0.15) is 6.04 Å². The summed E-state index contributed by atoms with van der Waals surface area (Å²) in [6, 6.07) is 14.2. The van der Waals surface area contributed by atoms with Crippen molar-refractivity contribution >= 4 is 29.4 Å². The van der Waals surface area contributed by atoms with Crippen LogP contribution in [0.25, 0.3) is 11.1 Å². The largest absolute Gasteiger partial charge is 0.481 e. The fourth-order valence-corrected chi connectivity index (χ4v) is 3.86. The number of rotatable bonds is 4. The molecule has 1 fully saturated rings. The average Bonchev–Trinajstić information content (AvgIpc) is 2.86. The molecule has 0 radical (unpaired) electrons. The van der Waals surface area contributed by atoms with Crippen LogP contribution in [-0.4, -0.2) is 64.3 Å². The molecule has 0 spiro atoms. The maximum Gasteiger partial charge on any atom is 0.303 e. The zero-order chi connectivity index (χ0) is 21.3. The highest BCUT2D eigenvalue weighted by Gasteiger charge is 2.40. The first-order chi connectivity index (χ1) is 14.4. The molecule has 1 atom stereocenters. The second-order valence-corrected chi connectivity index (χ2v) is 7.36. The van der Waals surface area contributed by atoms with E-state index in [1.165, 1.54) is 9.80 Å². The maximum atomic E-state index is 13.2. The van der Waals surface area contributed by atoms with Gasteiger partial charge in [-0.3, -0.25) is 19.2 Å². The number of carboxylic acid groups (broad SMARTS) is 1. The predicted octanol–water partition coefficient (Wildman–Crippen LogP) is 1.82. The molecular weight excluding hydrogens is 386 g/mol. The fourth-order valence-electron chi connectivity index (χ4n) is 3.86. The molecule has 8 heteroatoms. The smallest absolute Gasteiger partial charge is 0.303 e. The predicted molar refractivity (Wildman–Crippen MR) is 109 cm³/mol. The maximum absolute atomic E-state index is 13.2. The van der Waals surface area contributed by atoms with Gasteiger partial charge in [0, 0.05) is 19.5 Å². The molecule has 154 valence electrons. The number of amides is 3. The molecule has 0 unspecified atom stereocenters. The molecule has 30 heavy (non-hydrogen) atoms. The average molecular weight is 407 g/mol. The molecule has 2 aromatic carbocycles. The van der Waals surface area contributed by atoms with E-state index >= 15 is 0 Å². The highest BCUT2D eigenvalue weighted by Crippen LogP contribution is 2.30. The Morgan fingerprint density at radius 3 is 2.50 bits per heavy atom. The van der Waals surface area contributed by atoms with Gasteiger partial charge in [0.2, 0.25) is 11.8 Å². The number of piperazine rings is 1.